The predicted octanol–water partition coefficient (Wildman–Crippen LogP) is 0.142. The van der Waals surface area contributed by atoms with Crippen molar-refractivity contribution in [2.45, 2.75) is 32.4 Å². The lowest BCUT2D eigenvalue weighted by molar-refractivity contribution is -0.143. The van der Waals surface area contributed by atoms with Crippen molar-refractivity contribution in [3.05, 3.63) is 0 Å². The summed E-state index contributed by atoms with van der Waals surface area (Å²) in [5, 5.41) is 8.95. The topological polar surface area (TPSA) is 69.8 Å². The van der Waals surface area contributed by atoms with Crippen LogP contribution in [0, 0.1) is 0 Å². The Morgan fingerprint density at radius 2 is 1.82 bits per heavy atom. The van der Waals surface area contributed by atoms with Crippen LogP contribution in [0.5, 0.6) is 0 Å². The third-order valence-electron chi connectivity index (χ3n) is 3.41. The summed E-state index contributed by atoms with van der Waals surface area (Å²) in [6.45, 7) is 6.96. The summed E-state index contributed by atoms with van der Waals surface area (Å²) in [5.74, 6) is -0.764. The minimum atomic E-state index is -0.764. The second-order valence-corrected chi connectivity index (χ2v) is 4.88. The molecule has 3 N–H and O–H groups in total. The molecule has 0 aromatic rings. The Bertz CT molecular complexity index is 290. The molecule has 0 saturated carbocycles. The number of carboxylic acid groups (broad SMARTS) is 1. The molecule has 0 aromatic heterocycles. The van der Waals surface area contributed by atoms with Gasteiger partial charge in [-0.15, -0.1) is 0 Å². The first kappa shape index (κ1) is 14.3. The summed E-state index contributed by atoms with van der Waals surface area (Å²) in [5.41, 5.74) is 5.70. The van der Waals surface area contributed by atoms with Crippen LogP contribution in [-0.2, 0) is 4.79 Å². The quantitative estimate of drug-likeness (QED) is 0.685. The molecule has 5 nitrogen and oxygen atoms in total. The average molecular weight is 259 g/mol. The van der Waals surface area contributed by atoms with Crippen molar-refractivity contribution in [1.29, 1.82) is 0 Å². The highest BCUT2D eigenvalue weighted by Crippen LogP contribution is 2.12. The van der Waals surface area contributed by atoms with Crippen molar-refractivity contribution in [3.63, 3.8) is 0 Å². The second-order valence-electron chi connectivity index (χ2n) is 4.41. The first-order valence-electron chi connectivity index (χ1n) is 5.97. The SMILES string of the molecule is CCC(C(N)=S)N1CCN(C(C)C(=O)O)CC1. The van der Waals surface area contributed by atoms with Gasteiger partial charge in [0.25, 0.3) is 0 Å². The summed E-state index contributed by atoms with van der Waals surface area (Å²) >= 11 is 5.05. The minimum absolute atomic E-state index is 0.146. The van der Waals surface area contributed by atoms with Crippen LogP contribution in [-0.4, -0.2) is 64.1 Å². The number of hydrogen-bond acceptors (Lipinski definition) is 4. The molecule has 1 heterocycles. The van der Waals surface area contributed by atoms with E-state index in [9.17, 15) is 4.79 Å². The van der Waals surface area contributed by atoms with Gasteiger partial charge in [0.2, 0.25) is 0 Å². The van der Waals surface area contributed by atoms with E-state index in [1.54, 1.807) is 6.92 Å². The van der Waals surface area contributed by atoms with E-state index in [-0.39, 0.29) is 6.04 Å². The van der Waals surface area contributed by atoms with Gasteiger partial charge in [-0.3, -0.25) is 14.6 Å². The second kappa shape index (κ2) is 6.28. The van der Waals surface area contributed by atoms with Crippen molar-refractivity contribution in [2.24, 2.45) is 5.73 Å². The Labute approximate surface area is 108 Å². The highest BCUT2D eigenvalue weighted by Gasteiger charge is 2.28. The van der Waals surface area contributed by atoms with Crippen molar-refractivity contribution >= 4 is 23.2 Å². The molecule has 1 aliphatic rings. The standard InChI is InChI=1S/C11H21N3O2S/c1-3-9(10(12)17)14-6-4-13(5-7-14)8(2)11(15)16/h8-9H,3-7H2,1-2H3,(H2,12,17)(H,15,16). The van der Waals surface area contributed by atoms with E-state index < -0.39 is 12.0 Å². The molecule has 6 heteroatoms. The zero-order valence-electron chi connectivity index (χ0n) is 10.4. The molecular weight excluding hydrogens is 238 g/mol. The maximum absolute atomic E-state index is 10.9. The largest absolute Gasteiger partial charge is 0.480 e. The number of carboxylic acids is 1. The van der Waals surface area contributed by atoms with Gasteiger partial charge in [-0.1, -0.05) is 19.1 Å². The molecule has 2 unspecified atom stereocenters. The number of aliphatic carboxylic acids is 1. The lowest BCUT2D eigenvalue weighted by atomic mass is 10.1. The van der Waals surface area contributed by atoms with Crippen LogP contribution < -0.4 is 5.73 Å². The Morgan fingerprint density at radius 1 is 1.35 bits per heavy atom. The molecular formula is C11H21N3O2S. The van der Waals surface area contributed by atoms with Crippen LogP contribution in [0.1, 0.15) is 20.3 Å². The number of rotatable bonds is 5. The zero-order chi connectivity index (χ0) is 13.0. The fourth-order valence-corrected chi connectivity index (χ4v) is 2.55. The highest BCUT2D eigenvalue weighted by atomic mass is 32.1. The molecule has 1 aliphatic heterocycles. The molecule has 0 aromatic carbocycles. The third kappa shape index (κ3) is 3.62. The Balaban J connectivity index is 2.50. The number of piperazine rings is 1. The van der Waals surface area contributed by atoms with Crippen LogP contribution in [0.15, 0.2) is 0 Å². The van der Waals surface area contributed by atoms with Crippen LogP contribution in [0.25, 0.3) is 0 Å². The van der Waals surface area contributed by atoms with E-state index >= 15 is 0 Å². The van der Waals surface area contributed by atoms with Crippen LogP contribution in [0.4, 0.5) is 0 Å². The first-order chi connectivity index (χ1) is 7.97. The van der Waals surface area contributed by atoms with Gasteiger partial charge in [0, 0.05) is 26.2 Å². The Morgan fingerprint density at radius 3 is 2.18 bits per heavy atom. The fraction of sp³-hybridized carbons (Fsp3) is 0.818. The van der Waals surface area contributed by atoms with Gasteiger partial charge in [0.15, 0.2) is 0 Å². The lowest BCUT2D eigenvalue weighted by Gasteiger charge is -2.39. The van der Waals surface area contributed by atoms with E-state index in [0.717, 1.165) is 32.6 Å². The number of nitrogens with two attached hydrogens (primary N) is 1. The fourth-order valence-electron chi connectivity index (χ4n) is 2.23. The third-order valence-corrected chi connectivity index (χ3v) is 3.68. The van der Waals surface area contributed by atoms with Crippen LogP contribution in [0.2, 0.25) is 0 Å². The van der Waals surface area contributed by atoms with Gasteiger partial charge in [-0.05, 0) is 13.3 Å². The van der Waals surface area contributed by atoms with Crippen molar-refractivity contribution in [3.8, 4) is 0 Å². The molecule has 2 atom stereocenters. The predicted molar refractivity (Wildman–Crippen MR) is 71.1 cm³/mol. The van der Waals surface area contributed by atoms with Crippen molar-refractivity contribution in [2.75, 3.05) is 26.2 Å². The lowest BCUT2D eigenvalue weighted by Crippen LogP contribution is -2.56. The molecule has 0 radical (unpaired) electrons. The minimum Gasteiger partial charge on any atom is -0.480 e. The molecule has 1 rings (SSSR count). The molecule has 17 heavy (non-hydrogen) atoms. The molecule has 1 fully saturated rings. The molecule has 0 spiro atoms. The monoisotopic (exact) mass is 259 g/mol. The van der Waals surface area contributed by atoms with Crippen LogP contribution >= 0.6 is 12.2 Å². The number of nitrogens with zero attached hydrogens (tertiary/aromatic N) is 2. The van der Waals surface area contributed by atoms with Crippen molar-refractivity contribution in [1.82, 2.24) is 9.80 Å². The van der Waals surface area contributed by atoms with Gasteiger partial charge in [-0.25, -0.2) is 0 Å². The molecule has 0 aliphatic carbocycles. The van der Waals surface area contributed by atoms with E-state index in [0.29, 0.717) is 4.99 Å². The Kier molecular flexibility index (Phi) is 5.30. The maximum atomic E-state index is 10.9. The summed E-state index contributed by atoms with van der Waals surface area (Å²) in [6.07, 6.45) is 0.907. The summed E-state index contributed by atoms with van der Waals surface area (Å²) in [4.78, 5) is 15.6. The van der Waals surface area contributed by atoms with E-state index in [2.05, 4.69) is 11.8 Å². The number of hydrogen-bond donors (Lipinski definition) is 2. The van der Waals surface area contributed by atoms with Gasteiger partial charge >= 0.3 is 5.97 Å². The molecule has 0 amide bonds. The smallest absolute Gasteiger partial charge is 0.320 e. The number of thiocarbonyl (C=S) groups is 1. The molecule has 1 saturated heterocycles. The summed E-state index contributed by atoms with van der Waals surface area (Å²) < 4.78 is 0. The van der Waals surface area contributed by atoms with E-state index in [4.69, 9.17) is 23.1 Å². The average Bonchev–Trinajstić information content (AvgIpc) is 2.29. The van der Waals surface area contributed by atoms with E-state index in [1.165, 1.54) is 0 Å². The Hall–Kier alpha value is -0.720. The van der Waals surface area contributed by atoms with Crippen LogP contribution in [0.3, 0.4) is 0 Å². The molecule has 98 valence electrons. The van der Waals surface area contributed by atoms with E-state index in [1.807, 2.05) is 4.90 Å². The van der Waals surface area contributed by atoms with Gasteiger partial charge in [-0.2, -0.15) is 0 Å². The molecule has 0 bridgehead atoms. The number of carbonyl (C=O) groups is 1. The zero-order valence-corrected chi connectivity index (χ0v) is 11.2. The first-order valence-corrected chi connectivity index (χ1v) is 6.38. The van der Waals surface area contributed by atoms with Gasteiger partial charge in [0.05, 0.1) is 11.0 Å². The summed E-state index contributed by atoms with van der Waals surface area (Å²) in [6, 6.07) is -0.269. The normalized spacial score (nSPS) is 22.0. The highest BCUT2D eigenvalue weighted by molar-refractivity contribution is 7.80. The maximum Gasteiger partial charge on any atom is 0.320 e. The van der Waals surface area contributed by atoms with Gasteiger partial charge in [0.1, 0.15) is 6.04 Å². The van der Waals surface area contributed by atoms with Crippen molar-refractivity contribution < 1.29 is 9.90 Å². The van der Waals surface area contributed by atoms with Gasteiger partial charge < -0.3 is 10.8 Å². The summed E-state index contributed by atoms with van der Waals surface area (Å²) in [7, 11) is 0.